The number of nitrogens with one attached hydrogen (secondary N) is 1. The Morgan fingerprint density at radius 1 is 1.33 bits per heavy atom. The number of aromatic carboxylic acids is 1. The maximum Gasteiger partial charge on any atom is 0.372 e. The van der Waals surface area contributed by atoms with Crippen LogP contribution in [-0.4, -0.2) is 21.0 Å². The molecule has 0 aliphatic rings. The minimum Gasteiger partial charge on any atom is -0.475 e. The van der Waals surface area contributed by atoms with E-state index >= 15 is 0 Å². The molecule has 0 radical (unpaired) electrons. The van der Waals surface area contributed by atoms with Crippen LogP contribution in [0.3, 0.4) is 0 Å². The van der Waals surface area contributed by atoms with Crippen molar-refractivity contribution in [2.45, 2.75) is 13.3 Å². The van der Waals surface area contributed by atoms with Crippen molar-refractivity contribution in [2.24, 2.45) is 0 Å². The number of rotatable bonds is 3. The molecule has 0 aliphatic carbocycles. The van der Waals surface area contributed by atoms with E-state index in [-0.39, 0.29) is 5.82 Å². The van der Waals surface area contributed by atoms with Gasteiger partial charge in [-0.15, -0.1) is 0 Å². The van der Waals surface area contributed by atoms with Crippen LogP contribution in [0.15, 0.2) is 35.1 Å². The molecular formula is C13H12N2O3. The van der Waals surface area contributed by atoms with E-state index in [1.165, 1.54) is 0 Å². The number of aryl methyl sites for hydroxylation is 1. The lowest BCUT2D eigenvalue weighted by Gasteiger charge is -2.05. The topological polar surface area (TPSA) is 83.0 Å². The van der Waals surface area contributed by atoms with Crippen molar-refractivity contribution in [3.05, 3.63) is 63.3 Å². The van der Waals surface area contributed by atoms with Gasteiger partial charge in [0.2, 0.25) is 5.82 Å². The first-order valence-corrected chi connectivity index (χ1v) is 5.45. The molecule has 2 aromatic rings. The maximum absolute atomic E-state index is 11.8. The van der Waals surface area contributed by atoms with Crippen molar-refractivity contribution in [1.29, 1.82) is 0 Å². The van der Waals surface area contributed by atoms with E-state index in [0.29, 0.717) is 17.7 Å². The van der Waals surface area contributed by atoms with E-state index in [2.05, 4.69) is 9.97 Å². The zero-order valence-electron chi connectivity index (χ0n) is 9.80. The SMILES string of the molecule is Cc1nc(C(=O)O)[nH]c(=O)c1Cc1ccccc1. The average molecular weight is 244 g/mol. The zero-order valence-corrected chi connectivity index (χ0v) is 9.80. The van der Waals surface area contributed by atoms with Crippen molar-refractivity contribution in [2.75, 3.05) is 0 Å². The number of hydrogen-bond acceptors (Lipinski definition) is 3. The van der Waals surface area contributed by atoms with Gasteiger partial charge in [0.25, 0.3) is 5.56 Å². The van der Waals surface area contributed by atoms with Crippen molar-refractivity contribution < 1.29 is 9.90 Å². The molecule has 0 bridgehead atoms. The number of carboxylic acid groups (broad SMARTS) is 1. The number of aromatic nitrogens is 2. The highest BCUT2D eigenvalue weighted by Gasteiger charge is 2.12. The summed E-state index contributed by atoms with van der Waals surface area (Å²) in [5, 5.41) is 8.78. The molecule has 1 heterocycles. The van der Waals surface area contributed by atoms with Gasteiger partial charge in [-0.25, -0.2) is 9.78 Å². The predicted molar refractivity (Wildman–Crippen MR) is 65.8 cm³/mol. The molecule has 0 aliphatic heterocycles. The fraction of sp³-hybridized carbons (Fsp3) is 0.154. The highest BCUT2D eigenvalue weighted by Crippen LogP contribution is 2.08. The summed E-state index contributed by atoms with van der Waals surface area (Å²) in [6.07, 6.45) is 0.439. The van der Waals surface area contributed by atoms with E-state index in [4.69, 9.17) is 5.11 Å². The Kier molecular flexibility index (Phi) is 3.23. The number of H-pyrrole nitrogens is 1. The Morgan fingerprint density at radius 3 is 2.56 bits per heavy atom. The number of benzene rings is 1. The summed E-state index contributed by atoms with van der Waals surface area (Å²) in [6.45, 7) is 1.64. The summed E-state index contributed by atoms with van der Waals surface area (Å²) in [5.41, 5.74) is 1.52. The van der Waals surface area contributed by atoms with Gasteiger partial charge in [-0.05, 0) is 12.5 Å². The number of carbonyl (C=O) groups is 1. The van der Waals surface area contributed by atoms with Crippen LogP contribution in [0.1, 0.15) is 27.4 Å². The molecule has 0 spiro atoms. The van der Waals surface area contributed by atoms with Gasteiger partial charge in [0.15, 0.2) is 0 Å². The molecule has 1 aromatic carbocycles. The predicted octanol–water partition coefficient (Wildman–Crippen LogP) is 1.37. The Hall–Kier alpha value is -2.43. The summed E-state index contributed by atoms with van der Waals surface area (Å²) in [7, 11) is 0. The fourth-order valence-electron chi connectivity index (χ4n) is 1.72. The highest BCUT2D eigenvalue weighted by atomic mass is 16.4. The maximum atomic E-state index is 11.8. The average Bonchev–Trinajstić information content (AvgIpc) is 2.34. The van der Waals surface area contributed by atoms with Gasteiger partial charge >= 0.3 is 5.97 Å². The van der Waals surface area contributed by atoms with E-state index < -0.39 is 11.5 Å². The van der Waals surface area contributed by atoms with Crippen molar-refractivity contribution in [1.82, 2.24) is 9.97 Å². The summed E-state index contributed by atoms with van der Waals surface area (Å²) < 4.78 is 0. The molecule has 92 valence electrons. The molecule has 0 saturated carbocycles. The second-order valence-corrected chi connectivity index (χ2v) is 3.95. The molecule has 0 atom stereocenters. The summed E-state index contributed by atoms with van der Waals surface area (Å²) in [5.74, 6) is -1.56. The van der Waals surface area contributed by atoms with Gasteiger partial charge in [0.05, 0.1) is 0 Å². The van der Waals surface area contributed by atoms with Crippen LogP contribution in [0.4, 0.5) is 0 Å². The second kappa shape index (κ2) is 4.83. The smallest absolute Gasteiger partial charge is 0.372 e. The van der Waals surface area contributed by atoms with Gasteiger partial charge in [-0.1, -0.05) is 30.3 Å². The zero-order chi connectivity index (χ0) is 13.1. The first kappa shape index (κ1) is 12.0. The van der Waals surface area contributed by atoms with E-state index in [0.717, 1.165) is 5.56 Å². The van der Waals surface area contributed by atoms with Crippen molar-refractivity contribution >= 4 is 5.97 Å². The molecule has 0 fully saturated rings. The Balaban J connectivity index is 2.41. The monoisotopic (exact) mass is 244 g/mol. The van der Waals surface area contributed by atoms with Gasteiger partial charge in [0, 0.05) is 17.7 Å². The quantitative estimate of drug-likeness (QED) is 0.854. The minimum atomic E-state index is -1.23. The van der Waals surface area contributed by atoms with Crippen molar-refractivity contribution in [3.63, 3.8) is 0 Å². The Labute approximate surface area is 103 Å². The number of aromatic amines is 1. The lowest BCUT2D eigenvalue weighted by molar-refractivity contribution is 0.0682. The van der Waals surface area contributed by atoms with Gasteiger partial charge < -0.3 is 10.1 Å². The molecule has 2 rings (SSSR count). The fourth-order valence-corrected chi connectivity index (χ4v) is 1.72. The molecule has 18 heavy (non-hydrogen) atoms. The Morgan fingerprint density at radius 2 is 2.00 bits per heavy atom. The first-order chi connectivity index (χ1) is 8.58. The van der Waals surface area contributed by atoms with Gasteiger partial charge in [0.1, 0.15) is 0 Å². The van der Waals surface area contributed by atoms with Crippen LogP contribution in [0, 0.1) is 6.92 Å². The third-order valence-electron chi connectivity index (χ3n) is 2.65. The third-order valence-corrected chi connectivity index (χ3v) is 2.65. The largest absolute Gasteiger partial charge is 0.475 e. The van der Waals surface area contributed by atoms with Crippen molar-refractivity contribution in [3.8, 4) is 0 Å². The van der Waals surface area contributed by atoms with Crippen LogP contribution in [0.2, 0.25) is 0 Å². The number of carboxylic acids is 1. The molecule has 5 heteroatoms. The second-order valence-electron chi connectivity index (χ2n) is 3.95. The standard InChI is InChI=1S/C13H12N2O3/c1-8-10(7-9-5-3-2-4-6-9)12(16)15-11(14-8)13(17)18/h2-6H,7H2,1H3,(H,17,18)(H,14,15,16). The van der Waals surface area contributed by atoms with E-state index in [1.54, 1.807) is 6.92 Å². The Bertz CT molecular complexity index is 632. The van der Waals surface area contributed by atoms with Crippen LogP contribution in [-0.2, 0) is 6.42 Å². The molecular weight excluding hydrogens is 232 g/mol. The van der Waals surface area contributed by atoms with Crippen LogP contribution in [0.5, 0.6) is 0 Å². The van der Waals surface area contributed by atoms with Crippen LogP contribution < -0.4 is 5.56 Å². The van der Waals surface area contributed by atoms with Crippen LogP contribution in [0.25, 0.3) is 0 Å². The number of hydrogen-bond donors (Lipinski definition) is 2. The normalized spacial score (nSPS) is 10.3. The van der Waals surface area contributed by atoms with Crippen LogP contribution >= 0.6 is 0 Å². The third kappa shape index (κ3) is 2.45. The molecule has 0 unspecified atom stereocenters. The highest BCUT2D eigenvalue weighted by molar-refractivity contribution is 5.83. The lowest BCUT2D eigenvalue weighted by Crippen LogP contribution is -2.21. The lowest BCUT2D eigenvalue weighted by atomic mass is 10.1. The molecule has 0 amide bonds. The molecule has 0 saturated heterocycles. The van der Waals surface area contributed by atoms with E-state index in [9.17, 15) is 9.59 Å². The summed E-state index contributed by atoms with van der Waals surface area (Å²) in [4.78, 5) is 28.7. The summed E-state index contributed by atoms with van der Waals surface area (Å²) in [6, 6.07) is 9.48. The summed E-state index contributed by atoms with van der Waals surface area (Å²) >= 11 is 0. The molecule has 5 nitrogen and oxygen atoms in total. The molecule has 2 N–H and O–H groups in total. The van der Waals surface area contributed by atoms with Gasteiger partial charge in [-0.3, -0.25) is 4.79 Å². The van der Waals surface area contributed by atoms with Gasteiger partial charge in [-0.2, -0.15) is 0 Å². The van der Waals surface area contributed by atoms with E-state index in [1.807, 2.05) is 30.3 Å². The first-order valence-electron chi connectivity index (χ1n) is 5.45. The minimum absolute atomic E-state index is 0.325. The number of nitrogens with zero attached hydrogens (tertiary/aromatic N) is 1. The molecule has 1 aromatic heterocycles.